The predicted molar refractivity (Wildman–Crippen MR) is 90.5 cm³/mol. The van der Waals surface area contributed by atoms with E-state index in [4.69, 9.17) is 0 Å². The Balaban J connectivity index is 0.00000264. The minimum absolute atomic E-state index is 0. The highest BCUT2D eigenvalue weighted by molar-refractivity contribution is 7.89. The van der Waals surface area contributed by atoms with Crippen molar-refractivity contribution in [3.63, 3.8) is 0 Å². The Morgan fingerprint density at radius 1 is 1.43 bits per heavy atom. The van der Waals surface area contributed by atoms with Crippen molar-refractivity contribution >= 4 is 28.4 Å². The number of ether oxygens (including phenoxy) is 1. The zero-order chi connectivity index (χ0) is 16.2. The lowest BCUT2D eigenvalue weighted by molar-refractivity contribution is 0.0600. The van der Waals surface area contributed by atoms with Crippen LogP contribution < -0.4 is 5.32 Å². The molecular weight excluding hydrogens is 340 g/mol. The monoisotopic (exact) mass is 362 g/mol. The smallest absolute Gasteiger partial charge is 0.337 e. The van der Waals surface area contributed by atoms with Crippen LogP contribution in [0.2, 0.25) is 0 Å². The Morgan fingerprint density at radius 2 is 2.17 bits per heavy atom. The molecule has 6 nitrogen and oxygen atoms in total. The molecule has 23 heavy (non-hydrogen) atoms. The normalized spacial score (nSPS) is 17.8. The van der Waals surface area contributed by atoms with Gasteiger partial charge >= 0.3 is 5.97 Å². The lowest BCUT2D eigenvalue weighted by Gasteiger charge is -2.27. The maximum Gasteiger partial charge on any atom is 0.337 e. The van der Waals surface area contributed by atoms with Crippen LogP contribution in [0, 0.1) is 0 Å². The molecule has 1 aliphatic heterocycles. The first-order valence-corrected chi connectivity index (χ1v) is 8.85. The van der Waals surface area contributed by atoms with Crippen LogP contribution in [0.4, 0.5) is 0 Å². The maximum atomic E-state index is 12.9. The van der Waals surface area contributed by atoms with E-state index in [-0.39, 0.29) is 28.9 Å². The highest BCUT2D eigenvalue weighted by Gasteiger charge is 2.32. The van der Waals surface area contributed by atoms with Gasteiger partial charge in [-0.05, 0) is 37.6 Å². The highest BCUT2D eigenvalue weighted by Crippen LogP contribution is 2.22. The van der Waals surface area contributed by atoms with Gasteiger partial charge in [0.1, 0.15) is 0 Å². The molecule has 1 aliphatic rings. The Labute approximate surface area is 143 Å². The molecule has 130 valence electrons. The second-order valence-electron chi connectivity index (χ2n) is 5.28. The molecule has 0 radical (unpaired) electrons. The fraction of sp³-hybridized carbons (Fsp3) is 0.533. The summed E-state index contributed by atoms with van der Waals surface area (Å²) in [4.78, 5) is 11.7. The molecule has 1 aromatic rings. The number of halogens is 1. The topological polar surface area (TPSA) is 75.7 Å². The fourth-order valence-corrected chi connectivity index (χ4v) is 4.43. The van der Waals surface area contributed by atoms with Gasteiger partial charge in [0.2, 0.25) is 10.0 Å². The van der Waals surface area contributed by atoms with Crippen LogP contribution in [0.5, 0.6) is 0 Å². The van der Waals surface area contributed by atoms with E-state index >= 15 is 0 Å². The molecule has 2 rings (SSSR count). The predicted octanol–water partition coefficient (Wildman–Crippen LogP) is 1.66. The van der Waals surface area contributed by atoms with Gasteiger partial charge in [-0.25, -0.2) is 13.2 Å². The summed E-state index contributed by atoms with van der Waals surface area (Å²) in [6.07, 6.45) is 1.54. The average molecular weight is 363 g/mol. The summed E-state index contributed by atoms with van der Waals surface area (Å²) in [6, 6.07) is 5.98. The SMILES string of the molecule is CCCN(C1CCNC1)S(=O)(=O)c1cccc(C(=O)OC)c1.Cl. The van der Waals surface area contributed by atoms with E-state index in [1.54, 1.807) is 16.4 Å². The van der Waals surface area contributed by atoms with E-state index in [9.17, 15) is 13.2 Å². The number of sulfonamides is 1. The van der Waals surface area contributed by atoms with E-state index in [1.807, 2.05) is 6.92 Å². The first-order valence-electron chi connectivity index (χ1n) is 7.41. The van der Waals surface area contributed by atoms with Gasteiger partial charge in [0, 0.05) is 19.1 Å². The third kappa shape index (κ3) is 4.44. The number of nitrogens with zero attached hydrogens (tertiary/aromatic N) is 1. The molecule has 0 bridgehead atoms. The molecule has 8 heteroatoms. The minimum Gasteiger partial charge on any atom is -0.465 e. The molecule has 0 aliphatic carbocycles. The third-order valence-electron chi connectivity index (χ3n) is 3.75. The molecule has 1 aromatic carbocycles. The van der Waals surface area contributed by atoms with Gasteiger partial charge in [-0.2, -0.15) is 4.31 Å². The molecule has 0 amide bonds. The maximum absolute atomic E-state index is 12.9. The van der Waals surface area contributed by atoms with Gasteiger partial charge in [-0.3, -0.25) is 0 Å². The van der Waals surface area contributed by atoms with Crippen LogP contribution in [0.1, 0.15) is 30.1 Å². The number of carbonyl (C=O) groups excluding carboxylic acids is 1. The molecule has 1 fully saturated rings. The van der Waals surface area contributed by atoms with Crippen molar-refractivity contribution in [2.24, 2.45) is 0 Å². The van der Waals surface area contributed by atoms with Gasteiger partial charge in [0.15, 0.2) is 0 Å². The standard InChI is InChI=1S/C15H22N2O4S.ClH/c1-3-9-17(13-7-8-16-11-13)22(19,20)14-6-4-5-12(10-14)15(18)21-2;/h4-6,10,13,16H,3,7-9,11H2,1-2H3;1H. The van der Waals surface area contributed by atoms with Crippen LogP contribution >= 0.6 is 12.4 Å². The van der Waals surface area contributed by atoms with Crippen molar-refractivity contribution in [3.8, 4) is 0 Å². The van der Waals surface area contributed by atoms with E-state index in [0.717, 1.165) is 19.4 Å². The largest absolute Gasteiger partial charge is 0.465 e. The van der Waals surface area contributed by atoms with Crippen molar-refractivity contribution in [2.45, 2.75) is 30.7 Å². The molecule has 1 atom stereocenters. The summed E-state index contributed by atoms with van der Waals surface area (Å²) in [6.45, 7) is 3.91. The van der Waals surface area contributed by atoms with Crippen LogP contribution in [0.3, 0.4) is 0 Å². The second-order valence-corrected chi connectivity index (χ2v) is 7.17. The average Bonchev–Trinajstić information content (AvgIpc) is 3.05. The molecular formula is C15H23ClN2O4S. The van der Waals surface area contributed by atoms with Gasteiger partial charge in [-0.1, -0.05) is 13.0 Å². The Hall–Kier alpha value is -1.15. The van der Waals surface area contributed by atoms with Gasteiger partial charge in [-0.15, -0.1) is 12.4 Å². The number of hydrogen-bond donors (Lipinski definition) is 1. The summed E-state index contributed by atoms with van der Waals surface area (Å²) in [7, 11) is -2.35. The first-order chi connectivity index (χ1) is 10.5. The van der Waals surface area contributed by atoms with E-state index in [1.165, 1.54) is 19.2 Å². The molecule has 0 aromatic heterocycles. The number of rotatable bonds is 6. The zero-order valence-electron chi connectivity index (χ0n) is 13.3. The quantitative estimate of drug-likeness (QED) is 0.779. The van der Waals surface area contributed by atoms with Crippen molar-refractivity contribution in [1.29, 1.82) is 0 Å². The Kier molecular flexibility index (Phi) is 7.47. The van der Waals surface area contributed by atoms with Crippen LogP contribution in [0.25, 0.3) is 0 Å². The number of nitrogens with one attached hydrogen (secondary N) is 1. The van der Waals surface area contributed by atoms with Crippen LogP contribution in [-0.4, -0.2) is 51.5 Å². The first kappa shape index (κ1) is 19.9. The summed E-state index contributed by atoms with van der Waals surface area (Å²) in [5.41, 5.74) is 0.240. The van der Waals surface area contributed by atoms with Crippen molar-refractivity contribution < 1.29 is 17.9 Å². The van der Waals surface area contributed by atoms with E-state index in [2.05, 4.69) is 10.1 Å². The summed E-state index contributed by atoms with van der Waals surface area (Å²) in [5, 5.41) is 3.19. The zero-order valence-corrected chi connectivity index (χ0v) is 15.0. The molecule has 1 unspecified atom stereocenters. The van der Waals surface area contributed by atoms with Gasteiger partial charge in [0.25, 0.3) is 0 Å². The van der Waals surface area contributed by atoms with E-state index in [0.29, 0.717) is 13.1 Å². The fourth-order valence-electron chi connectivity index (χ4n) is 2.64. The Morgan fingerprint density at radius 3 is 2.74 bits per heavy atom. The second kappa shape index (κ2) is 8.63. The molecule has 0 saturated carbocycles. The number of esters is 1. The summed E-state index contributed by atoms with van der Waals surface area (Å²) in [5.74, 6) is -0.540. The third-order valence-corrected chi connectivity index (χ3v) is 5.70. The van der Waals surface area contributed by atoms with Crippen molar-refractivity contribution in [3.05, 3.63) is 29.8 Å². The lowest BCUT2D eigenvalue weighted by Crippen LogP contribution is -2.42. The number of methoxy groups -OCH3 is 1. The number of hydrogen-bond acceptors (Lipinski definition) is 5. The molecule has 0 spiro atoms. The highest BCUT2D eigenvalue weighted by atomic mass is 35.5. The number of benzene rings is 1. The Bertz CT molecular complexity index is 630. The van der Waals surface area contributed by atoms with E-state index < -0.39 is 16.0 Å². The molecule has 1 saturated heterocycles. The van der Waals surface area contributed by atoms with Gasteiger partial charge in [0.05, 0.1) is 17.6 Å². The lowest BCUT2D eigenvalue weighted by atomic mass is 10.2. The summed E-state index contributed by atoms with van der Waals surface area (Å²) >= 11 is 0. The minimum atomic E-state index is -3.63. The van der Waals surface area contributed by atoms with Crippen molar-refractivity contribution in [1.82, 2.24) is 9.62 Å². The van der Waals surface area contributed by atoms with Crippen LogP contribution in [-0.2, 0) is 14.8 Å². The molecule has 1 N–H and O–H groups in total. The van der Waals surface area contributed by atoms with Gasteiger partial charge < -0.3 is 10.1 Å². The number of carbonyl (C=O) groups is 1. The summed E-state index contributed by atoms with van der Waals surface area (Å²) < 4.78 is 32.0. The van der Waals surface area contributed by atoms with Crippen LogP contribution in [0.15, 0.2) is 29.2 Å². The molecule has 1 heterocycles. The van der Waals surface area contributed by atoms with Crippen molar-refractivity contribution in [2.75, 3.05) is 26.7 Å².